The van der Waals surface area contributed by atoms with Gasteiger partial charge in [-0.3, -0.25) is 4.99 Å². The van der Waals surface area contributed by atoms with E-state index in [0.29, 0.717) is 18.2 Å². The monoisotopic (exact) mass is 386 g/mol. The number of ether oxygens (including phenoxy) is 1. The van der Waals surface area contributed by atoms with Crippen molar-refractivity contribution in [1.82, 2.24) is 15.6 Å². The topological polar surface area (TPSA) is 58.5 Å². The lowest BCUT2D eigenvalue weighted by molar-refractivity contribution is 0.0795. The van der Waals surface area contributed by atoms with E-state index >= 15 is 0 Å². The molecule has 1 aromatic rings. The predicted octanol–water partition coefficient (Wildman–Crippen LogP) is 1.64. The summed E-state index contributed by atoms with van der Waals surface area (Å²) in [6.45, 7) is -0.221. The normalized spacial score (nSPS) is 10.9. The molecule has 0 saturated carbocycles. The highest BCUT2D eigenvalue weighted by atomic mass is 127. The first kappa shape index (κ1) is 17.8. The van der Waals surface area contributed by atoms with Crippen LogP contribution in [0.15, 0.2) is 23.2 Å². The first-order valence-electron chi connectivity index (χ1n) is 5.41. The molecule has 0 spiro atoms. The molecule has 19 heavy (non-hydrogen) atoms. The smallest absolute Gasteiger partial charge is 0.272 e. The van der Waals surface area contributed by atoms with Crippen molar-refractivity contribution < 1.29 is 13.5 Å². The van der Waals surface area contributed by atoms with Crippen molar-refractivity contribution in [3.8, 4) is 5.88 Å². The van der Waals surface area contributed by atoms with Crippen LogP contribution in [0.3, 0.4) is 0 Å². The standard InChI is InChI=1S/C11H16F2N4O.HI/c1-14-11(15-2)16-6-8-4-3-5-10(17-8)18-7-9(12)13;/h3-5,9H,6-7H2,1-2H3,(H2,14,15,16);1H. The largest absolute Gasteiger partial charge is 0.472 e. The lowest BCUT2D eigenvalue weighted by Crippen LogP contribution is -2.34. The Hall–Kier alpha value is -1.19. The summed E-state index contributed by atoms with van der Waals surface area (Å²) >= 11 is 0. The number of hydrogen-bond donors (Lipinski definition) is 2. The van der Waals surface area contributed by atoms with E-state index < -0.39 is 13.0 Å². The molecule has 108 valence electrons. The molecule has 0 unspecified atom stereocenters. The van der Waals surface area contributed by atoms with Crippen LogP contribution in [0.5, 0.6) is 5.88 Å². The van der Waals surface area contributed by atoms with Crippen molar-refractivity contribution in [2.45, 2.75) is 13.0 Å². The van der Waals surface area contributed by atoms with Gasteiger partial charge in [0.05, 0.1) is 12.2 Å². The minimum absolute atomic E-state index is 0. The molecule has 0 aliphatic rings. The maximum atomic E-state index is 12.0. The molecule has 0 aromatic carbocycles. The van der Waals surface area contributed by atoms with E-state index in [-0.39, 0.29) is 29.9 Å². The lowest BCUT2D eigenvalue weighted by atomic mass is 10.3. The summed E-state index contributed by atoms with van der Waals surface area (Å²) in [6.07, 6.45) is -2.50. The number of rotatable bonds is 5. The second-order valence-corrected chi connectivity index (χ2v) is 3.35. The van der Waals surface area contributed by atoms with Gasteiger partial charge in [0.1, 0.15) is 0 Å². The van der Waals surface area contributed by atoms with Gasteiger partial charge in [0.2, 0.25) is 5.88 Å². The van der Waals surface area contributed by atoms with Crippen molar-refractivity contribution in [1.29, 1.82) is 0 Å². The number of aliphatic imine (C=N–C) groups is 1. The maximum Gasteiger partial charge on any atom is 0.272 e. The first-order chi connectivity index (χ1) is 8.65. The van der Waals surface area contributed by atoms with E-state index in [0.717, 1.165) is 0 Å². The predicted molar refractivity (Wildman–Crippen MR) is 80.4 cm³/mol. The molecule has 0 radical (unpaired) electrons. The second kappa shape index (κ2) is 9.70. The number of guanidine groups is 1. The molecule has 0 aliphatic heterocycles. The molecule has 1 aromatic heterocycles. The highest BCUT2D eigenvalue weighted by Gasteiger charge is 2.05. The van der Waals surface area contributed by atoms with E-state index in [1.807, 2.05) is 0 Å². The molecule has 0 aliphatic carbocycles. The van der Waals surface area contributed by atoms with Crippen LogP contribution in [0.1, 0.15) is 5.69 Å². The Kier molecular flexibility index (Phi) is 9.09. The van der Waals surface area contributed by atoms with Crippen LogP contribution in [0.4, 0.5) is 8.78 Å². The Bertz CT molecular complexity index is 404. The summed E-state index contributed by atoms with van der Waals surface area (Å²) in [4.78, 5) is 8.02. The quantitative estimate of drug-likeness (QED) is 0.459. The van der Waals surface area contributed by atoms with Gasteiger partial charge in [0.25, 0.3) is 6.43 Å². The molecule has 8 heteroatoms. The third-order valence-electron chi connectivity index (χ3n) is 2.04. The van der Waals surface area contributed by atoms with Crippen LogP contribution >= 0.6 is 24.0 Å². The van der Waals surface area contributed by atoms with Crippen LogP contribution in [-0.2, 0) is 6.54 Å². The summed E-state index contributed by atoms with van der Waals surface area (Å²) < 4.78 is 28.8. The summed E-state index contributed by atoms with van der Waals surface area (Å²) in [5.74, 6) is 0.810. The molecular formula is C11H17F2IN4O. The van der Waals surface area contributed by atoms with Crippen LogP contribution in [0.2, 0.25) is 0 Å². The Labute approximate surface area is 127 Å². The zero-order valence-corrected chi connectivity index (χ0v) is 13.0. The lowest BCUT2D eigenvalue weighted by Gasteiger charge is -2.09. The number of nitrogens with one attached hydrogen (secondary N) is 2. The van der Waals surface area contributed by atoms with Crippen molar-refractivity contribution in [3.05, 3.63) is 23.9 Å². The fourth-order valence-corrected chi connectivity index (χ4v) is 1.24. The Morgan fingerprint density at radius 3 is 2.79 bits per heavy atom. The Morgan fingerprint density at radius 2 is 2.21 bits per heavy atom. The summed E-state index contributed by atoms with van der Waals surface area (Å²) in [5, 5.41) is 5.86. The van der Waals surface area contributed by atoms with Gasteiger partial charge in [-0.2, -0.15) is 0 Å². The van der Waals surface area contributed by atoms with Gasteiger partial charge in [-0.1, -0.05) is 6.07 Å². The number of alkyl halides is 2. The summed E-state index contributed by atoms with van der Waals surface area (Å²) in [5.41, 5.74) is 0.679. The van der Waals surface area contributed by atoms with Gasteiger partial charge in [-0.05, 0) is 6.07 Å². The van der Waals surface area contributed by atoms with Gasteiger partial charge in [0, 0.05) is 20.2 Å². The van der Waals surface area contributed by atoms with E-state index in [1.54, 1.807) is 32.3 Å². The van der Waals surface area contributed by atoms with Gasteiger partial charge < -0.3 is 15.4 Å². The zero-order valence-electron chi connectivity index (χ0n) is 10.7. The minimum atomic E-state index is -2.50. The number of pyridine rings is 1. The summed E-state index contributed by atoms with van der Waals surface area (Å²) in [7, 11) is 3.39. The van der Waals surface area contributed by atoms with Crippen molar-refractivity contribution in [2.24, 2.45) is 4.99 Å². The molecule has 1 rings (SSSR count). The van der Waals surface area contributed by atoms with Crippen LogP contribution < -0.4 is 15.4 Å². The first-order valence-corrected chi connectivity index (χ1v) is 5.41. The summed E-state index contributed by atoms with van der Waals surface area (Å²) in [6, 6.07) is 5.01. The molecule has 0 atom stereocenters. The molecular weight excluding hydrogens is 369 g/mol. The Morgan fingerprint density at radius 1 is 1.47 bits per heavy atom. The second-order valence-electron chi connectivity index (χ2n) is 3.35. The van der Waals surface area contributed by atoms with Crippen LogP contribution in [0.25, 0.3) is 0 Å². The fourth-order valence-electron chi connectivity index (χ4n) is 1.24. The van der Waals surface area contributed by atoms with Crippen molar-refractivity contribution in [2.75, 3.05) is 20.7 Å². The molecule has 0 fully saturated rings. The maximum absolute atomic E-state index is 12.0. The Balaban J connectivity index is 0.00000324. The number of halogens is 3. The van der Waals surface area contributed by atoms with Gasteiger partial charge in [-0.25, -0.2) is 13.8 Å². The van der Waals surface area contributed by atoms with E-state index in [2.05, 4.69) is 20.6 Å². The molecule has 2 N–H and O–H groups in total. The SMILES string of the molecule is CN=C(NC)NCc1cccc(OCC(F)F)n1.I. The minimum Gasteiger partial charge on any atom is -0.472 e. The van der Waals surface area contributed by atoms with Gasteiger partial charge in [0.15, 0.2) is 12.6 Å². The third kappa shape index (κ3) is 7.09. The average molecular weight is 386 g/mol. The molecule has 0 amide bonds. The molecule has 5 nitrogen and oxygen atoms in total. The fraction of sp³-hybridized carbons (Fsp3) is 0.455. The molecule has 1 heterocycles. The van der Waals surface area contributed by atoms with Crippen LogP contribution in [-0.4, -0.2) is 38.1 Å². The van der Waals surface area contributed by atoms with Crippen LogP contribution in [0, 0.1) is 0 Å². The van der Waals surface area contributed by atoms with Gasteiger partial charge >= 0.3 is 0 Å². The number of nitrogens with zero attached hydrogens (tertiary/aromatic N) is 2. The van der Waals surface area contributed by atoms with Gasteiger partial charge in [-0.15, -0.1) is 24.0 Å². The average Bonchev–Trinajstić information content (AvgIpc) is 2.38. The third-order valence-corrected chi connectivity index (χ3v) is 2.04. The molecule has 0 saturated heterocycles. The highest BCUT2D eigenvalue weighted by Crippen LogP contribution is 2.08. The zero-order chi connectivity index (χ0) is 13.4. The van der Waals surface area contributed by atoms with E-state index in [9.17, 15) is 8.78 Å². The highest BCUT2D eigenvalue weighted by molar-refractivity contribution is 14.0. The molecule has 0 bridgehead atoms. The van der Waals surface area contributed by atoms with Crippen molar-refractivity contribution >= 4 is 29.9 Å². The van der Waals surface area contributed by atoms with E-state index in [4.69, 9.17) is 4.74 Å². The van der Waals surface area contributed by atoms with Crippen molar-refractivity contribution in [3.63, 3.8) is 0 Å². The van der Waals surface area contributed by atoms with E-state index in [1.165, 1.54) is 0 Å². The number of aromatic nitrogens is 1. The number of hydrogen-bond acceptors (Lipinski definition) is 3.